The number of esters is 1. The maximum absolute atomic E-state index is 11.7. The number of benzene rings is 1. The minimum atomic E-state index is -1.12. The van der Waals surface area contributed by atoms with E-state index in [1.165, 1.54) is 19.2 Å². The van der Waals surface area contributed by atoms with Gasteiger partial charge >= 0.3 is 12.1 Å². The number of hydrogen-bond acceptors (Lipinski definition) is 5. The van der Waals surface area contributed by atoms with Gasteiger partial charge in [0.1, 0.15) is 5.60 Å². The predicted octanol–water partition coefficient (Wildman–Crippen LogP) is 3.28. The molecule has 1 aromatic carbocycles. The first kappa shape index (κ1) is 18.3. The van der Waals surface area contributed by atoms with Crippen LogP contribution < -0.4 is 5.32 Å². The van der Waals surface area contributed by atoms with E-state index in [0.29, 0.717) is 11.3 Å². The molecule has 122 valence electrons. The van der Waals surface area contributed by atoms with E-state index in [4.69, 9.17) is 16.3 Å². The van der Waals surface area contributed by atoms with Gasteiger partial charge in [-0.25, -0.2) is 4.79 Å². The Morgan fingerprint density at radius 2 is 2.00 bits per heavy atom. The smallest absolute Gasteiger partial charge is 0.412 e. The Hall–Kier alpha value is -1.79. The Morgan fingerprint density at radius 3 is 2.55 bits per heavy atom. The SMILES string of the molecule is COC(=O)C[C@@H](O)c1cc(NC(=O)OC(C)(C)C)ccc1Cl. The first-order valence-corrected chi connectivity index (χ1v) is 7.04. The number of ether oxygens (including phenoxy) is 2. The lowest BCUT2D eigenvalue weighted by Gasteiger charge is -2.20. The van der Waals surface area contributed by atoms with Gasteiger partial charge in [0.2, 0.25) is 0 Å². The van der Waals surface area contributed by atoms with Crippen LogP contribution in [0.3, 0.4) is 0 Å². The Labute approximate surface area is 134 Å². The lowest BCUT2D eigenvalue weighted by atomic mass is 10.1. The summed E-state index contributed by atoms with van der Waals surface area (Å²) in [4.78, 5) is 22.9. The van der Waals surface area contributed by atoms with Crippen LogP contribution in [0.1, 0.15) is 38.9 Å². The van der Waals surface area contributed by atoms with Crippen molar-refractivity contribution in [1.82, 2.24) is 0 Å². The van der Waals surface area contributed by atoms with Crippen molar-refractivity contribution in [1.29, 1.82) is 0 Å². The number of methoxy groups -OCH3 is 1. The number of hydrogen-bond donors (Lipinski definition) is 2. The molecule has 2 N–H and O–H groups in total. The lowest BCUT2D eigenvalue weighted by molar-refractivity contribution is -0.142. The van der Waals surface area contributed by atoms with E-state index in [1.807, 2.05) is 0 Å². The van der Waals surface area contributed by atoms with Crippen LogP contribution in [0.5, 0.6) is 0 Å². The fourth-order valence-corrected chi connectivity index (χ4v) is 1.89. The monoisotopic (exact) mass is 329 g/mol. The van der Waals surface area contributed by atoms with Gasteiger partial charge in [-0.3, -0.25) is 10.1 Å². The van der Waals surface area contributed by atoms with Crippen molar-refractivity contribution in [2.75, 3.05) is 12.4 Å². The first-order chi connectivity index (χ1) is 10.1. The second kappa shape index (κ2) is 7.47. The Balaban J connectivity index is 2.85. The molecule has 1 amide bonds. The minimum Gasteiger partial charge on any atom is -0.469 e. The molecule has 0 aromatic heterocycles. The third kappa shape index (κ3) is 5.91. The average molecular weight is 330 g/mol. The number of carbonyl (C=O) groups is 2. The molecule has 0 unspecified atom stereocenters. The zero-order chi connectivity index (χ0) is 16.9. The summed E-state index contributed by atoms with van der Waals surface area (Å²) >= 11 is 6.00. The van der Waals surface area contributed by atoms with Crippen molar-refractivity contribution in [2.24, 2.45) is 0 Å². The minimum absolute atomic E-state index is 0.230. The van der Waals surface area contributed by atoms with E-state index < -0.39 is 23.8 Å². The zero-order valence-corrected chi connectivity index (χ0v) is 13.7. The van der Waals surface area contributed by atoms with Crippen LogP contribution in [0.2, 0.25) is 5.02 Å². The van der Waals surface area contributed by atoms with Crippen LogP contribution in [0, 0.1) is 0 Å². The lowest BCUT2D eigenvalue weighted by Crippen LogP contribution is -2.27. The molecule has 0 aliphatic carbocycles. The molecule has 0 spiro atoms. The summed E-state index contributed by atoms with van der Waals surface area (Å²) in [6, 6.07) is 4.57. The highest BCUT2D eigenvalue weighted by atomic mass is 35.5. The van der Waals surface area contributed by atoms with Gasteiger partial charge in [0.15, 0.2) is 0 Å². The summed E-state index contributed by atoms with van der Waals surface area (Å²) in [7, 11) is 1.23. The Morgan fingerprint density at radius 1 is 1.36 bits per heavy atom. The maximum Gasteiger partial charge on any atom is 0.412 e. The van der Waals surface area contributed by atoms with Crippen molar-refractivity contribution in [3.63, 3.8) is 0 Å². The molecule has 0 aliphatic rings. The molecule has 1 rings (SSSR count). The van der Waals surface area contributed by atoms with Crippen LogP contribution in [0.25, 0.3) is 0 Å². The molecule has 0 heterocycles. The summed E-state index contributed by atoms with van der Waals surface area (Å²) < 4.78 is 9.63. The van der Waals surface area contributed by atoms with Crippen molar-refractivity contribution in [3.05, 3.63) is 28.8 Å². The Kier molecular flexibility index (Phi) is 6.20. The van der Waals surface area contributed by atoms with Crippen LogP contribution >= 0.6 is 11.6 Å². The molecule has 6 nitrogen and oxygen atoms in total. The van der Waals surface area contributed by atoms with Crippen molar-refractivity contribution in [3.8, 4) is 0 Å². The van der Waals surface area contributed by atoms with Gasteiger partial charge in [0, 0.05) is 16.3 Å². The van der Waals surface area contributed by atoms with E-state index >= 15 is 0 Å². The quantitative estimate of drug-likeness (QED) is 0.828. The number of amides is 1. The highest BCUT2D eigenvalue weighted by molar-refractivity contribution is 6.31. The third-order valence-corrected chi connectivity index (χ3v) is 2.93. The summed E-state index contributed by atoms with van der Waals surface area (Å²) in [5.74, 6) is -0.561. The second-order valence-corrected chi connectivity index (χ2v) is 6.07. The number of anilines is 1. The zero-order valence-electron chi connectivity index (χ0n) is 13.0. The number of aliphatic hydroxyl groups is 1. The fraction of sp³-hybridized carbons (Fsp3) is 0.467. The van der Waals surface area contributed by atoms with Crippen LogP contribution in [-0.4, -0.2) is 29.9 Å². The maximum atomic E-state index is 11.7. The fourth-order valence-electron chi connectivity index (χ4n) is 1.65. The van der Waals surface area contributed by atoms with Gasteiger partial charge in [-0.2, -0.15) is 0 Å². The molecule has 0 saturated heterocycles. The van der Waals surface area contributed by atoms with Crippen LogP contribution in [0.4, 0.5) is 10.5 Å². The molecule has 0 saturated carbocycles. The molecule has 0 aliphatic heterocycles. The Bertz CT molecular complexity index is 553. The van der Waals surface area contributed by atoms with Crippen molar-refractivity contribution < 1.29 is 24.2 Å². The highest BCUT2D eigenvalue weighted by Crippen LogP contribution is 2.28. The van der Waals surface area contributed by atoms with E-state index in [-0.39, 0.29) is 11.4 Å². The number of halogens is 1. The molecule has 0 bridgehead atoms. The standard InChI is InChI=1S/C15H20ClNO5/c1-15(2,3)22-14(20)17-9-5-6-11(16)10(7-9)12(18)8-13(19)21-4/h5-7,12,18H,8H2,1-4H3,(H,17,20)/t12-/m1/s1. The molecule has 22 heavy (non-hydrogen) atoms. The predicted molar refractivity (Wildman–Crippen MR) is 82.9 cm³/mol. The first-order valence-electron chi connectivity index (χ1n) is 6.66. The number of rotatable bonds is 4. The normalized spacial score (nSPS) is 12.5. The summed E-state index contributed by atoms with van der Waals surface area (Å²) in [6.07, 6.45) is -1.98. The van der Waals surface area contributed by atoms with Crippen LogP contribution in [0.15, 0.2) is 18.2 Å². The highest BCUT2D eigenvalue weighted by Gasteiger charge is 2.19. The van der Waals surface area contributed by atoms with Gasteiger partial charge in [-0.05, 0) is 39.0 Å². The number of carbonyl (C=O) groups excluding carboxylic acids is 2. The van der Waals surface area contributed by atoms with Crippen molar-refractivity contribution in [2.45, 2.75) is 38.9 Å². The van der Waals surface area contributed by atoms with Crippen molar-refractivity contribution >= 4 is 29.4 Å². The molecule has 1 aromatic rings. The van der Waals surface area contributed by atoms with E-state index in [1.54, 1.807) is 26.8 Å². The number of aliphatic hydroxyl groups excluding tert-OH is 1. The number of nitrogens with one attached hydrogen (secondary N) is 1. The summed E-state index contributed by atoms with van der Waals surface area (Å²) in [5, 5.41) is 12.8. The van der Waals surface area contributed by atoms with Gasteiger partial charge in [-0.1, -0.05) is 11.6 Å². The van der Waals surface area contributed by atoms with E-state index in [2.05, 4.69) is 10.1 Å². The third-order valence-electron chi connectivity index (χ3n) is 2.59. The van der Waals surface area contributed by atoms with Crippen LogP contribution in [-0.2, 0) is 14.3 Å². The average Bonchev–Trinajstić information content (AvgIpc) is 2.38. The van der Waals surface area contributed by atoms with E-state index in [9.17, 15) is 14.7 Å². The molecule has 0 radical (unpaired) electrons. The van der Waals surface area contributed by atoms with Gasteiger partial charge in [0.25, 0.3) is 0 Å². The molecule has 7 heteroatoms. The summed E-state index contributed by atoms with van der Waals surface area (Å²) in [6.45, 7) is 5.25. The molecular weight excluding hydrogens is 310 g/mol. The second-order valence-electron chi connectivity index (χ2n) is 5.66. The molecule has 1 atom stereocenters. The largest absolute Gasteiger partial charge is 0.469 e. The van der Waals surface area contributed by atoms with Gasteiger partial charge in [0.05, 0.1) is 19.6 Å². The van der Waals surface area contributed by atoms with E-state index in [0.717, 1.165) is 0 Å². The van der Waals surface area contributed by atoms with Gasteiger partial charge in [-0.15, -0.1) is 0 Å². The van der Waals surface area contributed by atoms with Gasteiger partial charge < -0.3 is 14.6 Å². The molecule has 0 fully saturated rings. The summed E-state index contributed by atoms with van der Waals surface area (Å²) in [5.41, 5.74) is 0.0993. The molecular formula is C15H20ClNO5. The topological polar surface area (TPSA) is 84.9 Å².